The number of nitrogens with zero attached hydrogens (tertiary/aromatic N) is 1. The summed E-state index contributed by atoms with van der Waals surface area (Å²) < 4.78 is 0. The van der Waals surface area contributed by atoms with Crippen LogP contribution in [0.15, 0.2) is 11.1 Å². The largest absolute Gasteiger partial charge is 0.348 e. The number of likely N-dealkylation sites (tertiary alicyclic amines) is 1. The molecule has 5 nitrogen and oxygen atoms in total. The Morgan fingerprint density at radius 3 is 2.72 bits per heavy atom. The van der Waals surface area contributed by atoms with Crippen LogP contribution in [0.2, 0.25) is 0 Å². The smallest absolute Gasteiger partial charge is 0.247 e. The fourth-order valence-corrected chi connectivity index (χ4v) is 2.28. The standard InChI is InChI=1S/C13H21N3O2/c1-9(8-16-5-3-4-12(16)17)15-13(18)10(2)11-6-14-7-11/h9,14H,3-8H2,1-2H3,(H,15,18). The maximum Gasteiger partial charge on any atom is 0.247 e. The van der Waals surface area contributed by atoms with Crippen LogP contribution in [0.5, 0.6) is 0 Å². The van der Waals surface area contributed by atoms with E-state index in [0.717, 1.165) is 31.6 Å². The molecule has 0 spiro atoms. The minimum absolute atomic E-state index is 0.00290. The van der Waals surface area contributed by atoms with E-state index in [1.165, 1.54) is 5.57 Å². The highest BCUT2D eigenvalue weighted by Crippen LogP contribution is 2.11. The molecule has 2 N–H and O–H groups in total. The molecule has 0 aromatic rings. The van der Waals surface area contributed by atoms with Crippen molar-refractivity contribution in [2.45, 2.75) is 32.7 Å². The lowest BCUT2D eigenvalue weighted by Gasteiger charge is -2.24. The third-order valence-corrected chi connectivity index (χ3v) is 3.59. The van der Waals surface area contributed by atoms with Crippen LogP contribution >= 0.6 is 0 Å². The molecule has 0 aromatic heterocycles. The first-order chi connectivity index (χ1) is 8.58. The maximum atomic E-state index is 11.9. The topological polar surface area (TPSA) is 61.4 Å². The van der Waals surface area contributed by atoms with E-state index < -0.39 is 0 Å². The van der Waals surface area contributed by atoms with E-state index in [4.69, 9.17) is 0 Å². The first-order valence-corrected chi connectivity index (χ1v) is 6.56. The molecule has 2 aliphatic heterocycles. The summed E-state index contributed by atoms with van der Waals surface area (Å²) in [6.07, 6.45) is 1.59. The van der Waals surface area contributed by atoms with Crippen molar-refractivity contribution in [2.24, 2.45) is 0 Å². The van der Waals surface area contributed by atoms with Crippen LogP contribution in [-0.2, 0) is 9.59 Å². The van der Waals surface area contributed by atoms with Crippen molar-refractivity contribution in [1.82, 2.24) is 15.5 Å². The van der Waals surface area contributed by atoms with E-state index in [0.29, 0.717) is 13.0 Å². The lowest BCUT2D eigenvalue weighted by molar-refractivity contribution is -0.128. The zero-order chi connectivity index (χ0) is 13.1. The van der Waals surface area contributed by atoms with Gasteiger partial charge in [-0.05, 0) is 25.8 Å². The van der Waals surface area contributed by atoms with Crippen molar-refractivity contribution >= 4 is 11.8 Å². The number of hydrogen-bond donors (Lipinski definition) is 2. The highest BCUT2D eigenvalue weighted by atomic mass is 16.2. The van der Waals surface area contributed by atoms with Crippen LogP contribution in [0.3, 0.4) is 0 Å². The molecule has 18 heavy (non-hydrogen) atoms. The minimum Gasteiger partial charge on any atom is -0.348 e. The predicted octanol–water partition coefficient (Wildman–Crippen LogP) is 0.0332. The van der Waals surface area contributed by atoms with Gasteiger partial charge in [-0.3, -0.25) is 9.59 Å². The second-order valence-corrected chi connectivity index (χ2v) is 5.15. The third kappa shape index (κ3) is 2.90. The zero-order valence-electron chi connectivity index (χ0n) is 11.1. The molecule has 5 heteroatoms. The van der Waals surface area contributed by atoms with E-state index in [-0.39, 0.29) is 17.9 Å². The van der Waals surface area contributed by atoms with Crippen LogP contribution < -0.4 is 10.6 Å². The van der Waals surface area contributed by atoms with Crippen molar-refractivity contribution in [2.75, 3.05) is 26.2 Å². The summed E-state index contributed by atoms with van der Waals surface area (Å²) in [5, 5.41) is 6.08. The Labute approximate surface area is 108 Å². The third-order valence-electron chi connectivity index (χ3n) is 3.59. The van der Waals surface area contributed by atoms with Crippen molar-refractivity contribution in [3.8, 4) is 0 Å². The molecule has 100 valence electrons. The summed E-state index contributed by atoms with van der Waals surface area (Å²) in [6.45, 7) is 6.88. The number of carbonyl (C=O) groups excluding carboxylic acids is 2. The average Bonchev–Trinajstić information content (AvgIpc) is 2.61. The molecule has 2 fully saturated rings. The second kappa shape index (κ2) is 5.52. The van der Waals surface area contributed by atoms with Gasteiger partial charge in [-0.1, -0.05) is 0 Å². The fourth-order valence-electron chi connectivity index (χ4n) is 2.28. The Morgan fingerprint density at radius 2 is 2.22 bits per heavy atom. The molecule has 2 aliphatic rings. The van der Waals surface area contributed by atoms with Gasteiger partial charge >= 0.3 is 0 Å². The normalized spacial score (nSPS) is 20.7. The van der Waals surface area contributed by atoms with Gasteiger partial charge in [0.1, 0.15) is 0 Å². The van der Waals surface area contributed by atoms with Crippen LogP contribution in [-0.4, -0.2) is 48.9 Å². The Hall–Kier alpha value is -1.36. The Balaban J connectivity index is 1.81. The van der Waals surface area contributed by atoms with Gasteiger partial charge in [0.05, 0.1) is 0 Å². The quantitative estimate of drug-likeness (QED) is 0.693. The SMILES string of the molecule is CC(C(=O)NC(C)CN1CCCC1=O)=C1CNC1. The minimum atomic E-state index is -0.00866. The van der Waals surface area contributed by atoms with Gasteiger partial charge < -0.3 is 15.5 Å². The zero-order valence-corrected chi connectivity index (χ0v) is 11.1. The Kier molecular flexibility index (Phi) is 4.01. The summed E-state index contributed by atoms with van der Waals surface area (Å²) in [6, 6.07) is 0.00290. The summed E-state index contributed by atoms with van der Waals surface area (Å²) in [5.74, 6) is 0.194. The van der Waals surface area contributed by atoms with Crippen molar-refractivity contribution in [1.29, 1.82) is 0 Å². The van der Waals surface area contributed by atoms with Gasteiger partial charge in [-0.25, -0.2) is 0 Å². The number of nitrogens with one attached hydrogen (secondary N) is 2. The van der Waals surface area contributed by atoms with E-state index >= 15 is 0 Å². The van der Waals surface area contributed by atoms with E-state index in [1.807, 2.05) is 18.7 Å². The molecule has 0 aromatic carbocycles. The van der Waals surface area contributed by atoms with E-state index in [2.05, 4.69) is 10.6 Å². The maximum absolute atomic E-state index is 11.9. The van der Waals surface area contributed by atoms with Crippen molar-refractivity contribution in [3.63, 3.8) is 0 Å². The lowest BCUT2D eigenvalue weighted by Crippen LogP contribution is -2.44. The first-order valence-electron chi connectivity index (χ1n) is 6.56. The summed E-state index contributed by atoms with van der Waals surface area (Å²) in [4.78, 5) is 25.3. The Bertz CT molecular complexity index is 384. The van der Waals surface area contributed by atoms with Crippen LogP contribution in [0.4, 0.5) is 0 Å². The first kappa shape index (κ1) is 13.1. The number of amides is 2. The molecule has 0 saturated carbocycles. The molecule has 0 radical (unpaired) electrons. The molecule has 0 aliphatic carbocycles. The number of rotatable bonds is 4. The van der Waals surface area contributed by atoms with Crippen LogP contribution in [0.25, 0.3) is 0 Å². The predicted molar refractivity (Wildman–Crippen MR) is 69.0 cm³/mol. The van der Waals surface area contributed by atoms with Crippen molar-refractivity contribution in [3.05, 3.63) is 11.1 Å². The number of hydrogen-bond acceptors (Lipinski definition) is 3. The molecular weight excluding hydrogens is 230 g/mol. The van der Waals surface area contributed by atoms with Crippen LogP contribution in [0, 0.1) is 0 Å². The molecular formula is C13H21N3O2. The van der Waals surface area contributed by atoms with Crippen LogP contribution in [0.1, 0.15) is 26.7 Å². The summed E-state index contributed by atoms with van der Waals surface area (Å²) in [7, 11) is 0. The summed E-state index contributed by atoms with van der Waals surface area (Å²) >= 11 is 0. The highest BCUT2D eigenvalue weighted by molar-refractivity contribution is 5.94. The Morgan fingerprint density at radius 1 is 1.50 bits per heavy atom. The molecule has 0 bridgehead atoms. The average molecular weight is 251 g/mol. The molecule has 2 saturated heterocycles. The van der Waals surface area contributed by atoms with Gasteiger partial charge in [0, 0.05) is 44.2 Å². The van der Waals surface area contributed by atoms with Crippen molar-refractivity contribution < 1.29 is 9.59 Å². The lowest BCUT2D eigenvalue weighted by atomic mass is 10.0. The molecule has 1 atom stereocenters. The van der Waals surface area contributed by atoms with Gasteiger partial charge in [0.15, 0.2) is 0 Å². The van der Waals surface area contributed by atoms with Gasteiger partial charge in [-0.2, -0.15) is 0 Å². The van der Waals surface area contributed by atoms with Gasteiger partial charge in [0.2, 0.25) is 11.8 Å². The number of carbonyl (C=O) groups is 2. The molecule has 2 rings (SSSR count). The summed E-state index contributed by atoms with van der Waals surface area (Å²) in [5.41, 5.74) is 1.99. The molecule has 1 unspecified atom stereocenters. The van der Waals surface area contributed by atoms with Gasteiger partial charge in [-0.15, -0.1) is 0 Å². The monoisotopic (exact) mass is 251 g/mol. The van der Waals surface area contributed by atoms with Gasteiger partial charge in [0.25, 0.3) is 0 Å². The highest BCUT2D eigenvalue weighted by Gasteiger charge is 2.23. The van der Waals surface area contributed by atoms with E-state index in [1.54, 1.807) is 0 Å². The van der Waals surface area contributed by atoms with E-state index in [9.17, 15) is 9.59 Å². The molecule has 2 heterocycles. The fraction of sp³-hybridized carbons (Fsp3) is 0.692. The molecule has 2 amide bonds. The second-order valence-electron chi connectivity index (χ2n) is 5.15.